The van der Waals surface area contributed by atoms with Gasteiger partial charge >= 0.3 is 6.03 Å². The Bertz CT molecular complexity index is 612. The van der Waals surface area contributed by atoms with Gasteiger partial charge in [0.2, 0.25) is 5.91 Å². The lowest BCUT2D eigenvalue weighted by Gasteiger charge is -2.23. The Morgan fingerprint density at radius 3 is 2.95 bits per heavy atom. The quantitative estimate of drug-likeness (QED) is 0.794. The lowest BCUT2D eigenvalue weighted by molar-refractivity contribution is -0.132. The molecular weight excluding hydrogens is 288 g/mol. The molecule has 2 fully saturated rings. The van der Waals surface area contributed by atoms with E-state index in [0.717, 1.165) is 24.3 Å². The molecule has 4 amide bonds. The summed E-state index contributed by atoms with van der Waals surface area (Å²) in [5, 5.41) is 8.66. The fraction of sp³-hybridized carbons (Fsp3) is 0.571. The molecule has 2 unspecified atom stereocenters. The minimum Gasteiger partial charge on any atom is -0.361 e. The highest BCUT2D eigenvalue weighted by Gasteiger charge is 2.34. The molecule has 3 heterocycles. The van der Waals surface area contributed by atoms with Crippen molar-refractivity contribution >= 4 is 17.8 Å². The zero-order valence-electron chi connectivity index (χ0n) is 12.3. The summed E-state index contributed by atoms with van der Waals surface area (Å²) in [7, 11) is 0. The van der Waals surface area contributed by atoms with Gasteiger partial charge < -0.3 is 14.7 Å². The molecule has 2 aliphatic rings. The molecule has 0 spiro atoms. The highest BCUT2D eigenvalue weighted by atomic mass is 16.5. The van der Waals surface area contributed by atoms with E-state index in [0.29, 0.717) is 13.0 Å². The molecule has 0 aromatic carbocycles. The van der Waals surface area contributed by atoms with Gasteiger partial charge in [0.05, 0.1) is 6.04 Å². The van der Waals surface area contributed by atoms with Crippen LogP contribution >= 0.6 is 0 Å². The first kappa shape index (κ1) is 14.6. The van der Waals surface area contributed by atoms with Gasteiger partial charge in [0.15, 0.2) is 0 Å². The molecular formula is C14H18N4O4. The van der Waals surface area contributed by atoms with E-state index in [2.05, 4.69) is 15.8 Å². The van der Waals surface area contributed by atoms with Gasteiger partial charge in [0.1, 0.15) is 17.5 Å². The third-order valence-electron chi connectivity index (χ3n) is 4.07. The molecule has 0 saturated carbocycles. The second-order valence-electron chi connectivity index (χ2n) is 5.66. The van der Waals surface area contributed by atoms with Crippen molar-refractivity contribution in [3.63, 3.8) is 0 Å². The third-order valence-corrected chi connectivity index (χ3v) is 4.07. The summed E-state index contributed by atoms with van der Waals surface area (Å²) < 4.78 is 5.08. The van der Waals surface area contributed by atoms with Crippen molar-refractivity contribution in [1.82, 2.24) is 20.7 Å². The zero-order valence-corrected chi connectivity index (χ0v) is 12.3. The van der Waals surface area contributed by atoms with E-state index >= 15 is 0 Å². The topological polar surface area (TPSA) is 105 Å². The second-order valence-corrected chi connectivity index (χ2v) is 5.66. The number of hydrogen-bond donors (Lipinski definition) is 2. The van der Waals surface area contributed by atoms with Crippen LogP contribution in [0.5, 0.6) is 0 Å². The van der Waals surface area contributed by atoms with Gasteiger partial charge in [-0.2, -0.15) is 0 Å². The smallest absolute Gasteiger partial charge is 0.322 e. The Hall–Kier alpha value is -2.38. The van der Waals surface area contributed by atoms with Gasteiger partial charge in [-0.05, 0) is 26.2 Å². The van der Waals surface area contributed by atoms with Crippen LogP contribution in [0.1, 0.15) is 43.2 Å². The van der Waals surface area contributed by atoms with E-state index in [1.165, 1.54) is 0 Å². The van der Waals surface area contributed by atoms with Gasteiger partial charge in [-0.3, -0.25) is 14.9 Å². The van der Waals surface area contributed by atoms with Crippen molar-refractivity contribution in [1.29, 1.82) is 0 Å². The SMILES string of the molecule is Cc1cc(C2CCCN2C(=O)CCC2NC(=O)NC2=O)no1. The first-order valence-electron chi connectivity index (χ1n) is 7.38. The number of aryl methyl sites for hydroxylation is 1. The van der Waals surface area contributed by atoms with Crippen LogP contribution in [0.15, 0.2) is 10.6 Å². The number of nitrogens with one attached hydrogen (secondary N) is 2. The Kier molecular flexibility index (Phi) is 3.82. The predicted octanol–water partition coefficient (Wildman–Crippen LogP) is 0.635. The number of urea groups is 1. The fourth-order valence-electron chi connectivity index (χ4n) is 2.99. The molecule has 2 N–H and O–H groups in total. The molecule has 2 atom stereocenters. The Morgan fingerprint density at radius 2 is 2.32 bits per heavy atom. The van der Waals surface area contributed by atoms with E-state index < -0.39 is 12.1 Å². The van der Waals surface area contributed by atoms with E-state index in [-0.39, 0.29) is 24.3 Å². The maximum atomic E-state index is 12.4. The number of amides is 4. The molecule has 2 saturated heterocycles. The zero-order chi connectivity index (χ0) is 15.7. The van der Waals surface area contributed by atoms with Gasteiger partial charge in [0.25, 0.3) is 5.91 Å². The number of aromatic nitrogens is 1. The summed E-state index contributed by atoms with van der Waals surface area (Å²) in [6, 6.07) is 0.671. The van der Waals surface area contributed by atoms with E-state index in [1.54, 1.807) is 4.90 Å². The highest BCUT2D eigenvalue weighted by Crippen LogP contribution is 2.32. The van der Waals surface area contributed by atoms with Crippen molar-refractivity contribution in [3.8, 4) is 0 Å². The first-order chi connectivity index (χ1) is 10.5. The van der Waals surface area contributed by atoms with E-state index in [1.807, 2.05) is 13.0 Å². The van der Waals surface area contributed by atoms with E-state index in [9.17, 15) is 14.4 Å². The summed E-state index contributed by atoms with van der Waals surface area (Å²) in [5.41, 5.74) is 0.773. The lowest BCUT2D eigenvalue weighted by Crippen LogP contribution is -2.34. The normalized spacial score (nSPS) is 24.5. The summed E-state index contributed by atoms with van der Waals surface area (Å²) in [4.78, 5) is 36.7. The molecule has 0 bridgehead atoms. The largest absolute Gasteiger partial charge is 0.361 e. The maximum Gasteiger partial charge on any atom is 0.322 e. The molecule has 1 aromatic rings. The standard InChI is InChI=1S/C14H18N4O4/c1-8-7-10(17-22-8)11-3-2-6-18(11)12(19)5-4-9-13(20)16-14(21)15-9/h7,9,11H,2-6H2,1H3,(H2,15,16,20,21). The molecule has 118 valence electrons. The first-order valence-corrected chi connectivity index (χ1v) is 7.38. The van der Waals surface area contributed by atoms with Crippen LogP contribution in [0.2, 0.25) is 0 Å². The number of carbonyl (C=O) groups excluding carboxylic acids is 3. The Balaban J connectivity index is 1.59. The molecule has 22 heavy (non-hydrogen) atoms. The van der Waals surface area contributed by atoms with Crippen molar-refractivity contribution < 1.29 is 18.9 Å². The molecule has 0 aliphatic carbocycles. The average Bonchev–Trinajstić information content (AvgIpc) is 3.16. The van der Waals surface area contributed by atoms with Crippen LogP contribution in [0.4, 0.5) is 4.79 Å². The number of imide groups is 1. The van der Waals surface area contributed by atoms with Gasteiger partial charge in [-0.25, -0.2) is 4.79 Å². The van der Waals surface area contributed by atoms with Gasteiger partial charge in [0, 0.05) is 19.0 Å². The molecule has 2 aliphatic heterocycles. The van der Waals surface area contributed by atoms with Crippen LogP contribution in [-0.4, -0.2) is 40.5 Å². The monoisotopic (exact) mass is 306 g/mol. The van der Waals surface area contributed by atoms with Crippen molar-refractivity contribution in [3.05, 3.63) is 17.5 Å². The molecule has 0 radical (unpaired) electrons. The average molecular weight is 306 g/mol. The van der Waals surface area contributed by atoms with Gasteiger partial charge in [-0.1, -0.05) is 5.16 Å². The van der Waals surface area contributed by atoms with Crippen LogP contribution in [0.3, 0.4) is 0 Å². The van der Waals surface area contributed by atoms with Crippen LogP contribution < -0.4 is 10.6 Å². The van der Waals surface area contributed by atoms with Crippen LogP contribution in [0.25, 0.3) is 0 Å². The maximum absolute atomic E-state index is 12.4. The number of rotatable bonds is 4. The third kappa shape index (κ3) is 2.81. The number of hydrogen-bond acceptors (Lipinski definition) is 5. The second kappa shape index (κ2) is 5.78. The van der Waals surface area contributed by atoms with E-state index in [4.69, 9.17) is 4.52 Å². The Labute approximate surface area is 127 Å². The minimum absolute atomic E-state index is 0.0305. The summed E-state index contributed by atoms with van der Waals surface area (Å²) in [5.74, 6) is 0.319. The van der Waals surface area contributed by atoms with Crippen molar-refractivity contribution in [2.75, 3.05) is 6.54 Å². The summed E-state index contributed by atoms with van der Waals surface area (Å²) in [6.45, 7) is 2.50. The number of nitrogens with zero attached hydrogens (tertiary/aromatic N) is 2. The van der Waals surface area contributed by atoms with Gasteiger partial charge in [-0.15, -0.1) is 0 Å². The molecule has 8 heteroatoms. The predicted molar refractivity (Wildman–Crippen MR) is 74.6 cm³/mol. The summed E-state index contributed by atoms with van der Waals surface area (Å²) in [6.07, 6.45) is 2.30. The van der Waals surface area contributed by atoms with Crippen molar-refractivity contribution in [2.45, 2.75) is 44.7 Å². The van der Waals surface area contributed by atoms with Crippen molar-refractivity contribution in [2.24, 2.45) is 0 Å². The lowest BCUT2D eigenvalue weighted by atomic mass is 10.1. The molecule has 1 aromatic heterocycles. The molecule has 8 nitrogen and oxygen atoms in total. The number of carbonyl (C=O) groups is 3. The highest BCUT2D eigenvalue weighted by molar-refractivity contribution is 6.04. The minimum atomic E-state index is -0.619. The summed E-state index contributed by atoms with van der Waals surface area (Å²) >= 11 is 0. The number of likely N-dealkylation sites (tertiary alicyclic amines) is 1. The molecule has 3 rings (SSSR count). The van der Waals surface area contributed by atoms with Crippen LogP contribution in [0, 0.1) is 6.92 Å². The Morgan fingerprint density at radius 1 is 1.50 bits per heavy atom. The van der Waals surface area contributed by atoms with Crippen LogP contribution in [-0.2, 0) is 9.59 Å². The fourth-order valence-corrected chi connectivity index (χ4v) is 2.99.